The first-order chi connectivity index (χ1) is 12.3. The van der Waals surface area contributed by atoms with Gasteiger partial charge in [0.2, 0.25) is 12.2 Å². The van der Waals surface area contributed by atoms with Crippen molar-refractivity contribution >= 4 is 29.6 Å². The van der Waals surface area contributed by atoms with Gasteiger partial charge in [-0.25, -0.2) is 9.59 Å². The number of aliphatic hydroxyl groups excluding tert-OH is 1. The summed E-state index contributed by atoms with van der Waals surface area (Å²) in [5.74, 6) is -1.95. The monoisotopic (exact) mass is 379 g/mol. The Kier molecular flexibility index (Phi) is 4.98. The van der Waals surface area contributed by atoms with E-state index < -0.39 is 34.9 Å². The Bertz CT molecular complexity index is 722. The van der Waals surface area contributed by atoms with Crippen LogP contribution in [0, 0.1) is 5.92 Å². The van der Waals surface area contributed by atoms with Crippen LogP contribution in [0.3, 0.4) is 0 Å². The maximum absolute atomic E-state index is 12.6. The van der Waals surface area contributed by atoms with E-state index >= 15 is 0 Å². The van der Waals surface area contributed by atoms with Crippen molar-refractivity contribution in [2.45, 2.75) is 43.2 Å². The maximum atomic E-state index is 12.6. The molecular formula is C18H21NO6S. The number of carbonyl (C=O) groups is 3. The second-order valence-electron chi connectivity index (χ2n) is 6.82. The quantitative estimate of drug-likeness (QED) is 0.470. The molecule has 0 bridgehead atoms. The highest BCUT2D eigenvalue weighted by molar-refractivity contribution is 8.01. The van der Waals surface area contributed by atoms with Crippen molar-refractivity contribution in [3.05, 3.63) is 35.9 Å². The molecule has 1 aromatic rings. The molecule has 0 radical (unpaired) electrons. The second kappa shape index (κ2) is 6.92. The van der Waals surface area contributed by atoms with Gasteiger partial charge in [-0.3, -0.25) is 4.79 Å². The molecule has 140 valence electrons. The van der Waals surface area contributed by atoms with Crippen LogP contribution in [-0.4, -0.2) is 56.9 Å². The molecule has 7 nitrogen and oxygen atoms in total. The van der Waals surface area contributed by atoms with Gasteiger partial charge in [-0.1, -0.05) is 18.2 Å². The van der Waals surface area contributed by atoms with E-state index in [-0.39, 0.29) is 17.9 Å². The van der Waals surface area contributed by atoms with Crippen LogP contribution in [0.1, 0.15) is 31.1 Å². The molecule has 8 heteroatoms. The predicted octanol–water partition coefficient (Wildman–Crippen LogP) is 1.40. The van der Waals surface area contributed by atoms with Crippen molar-refractivity contribution in [1.82, 2.24) is 4.90 Å². The average molecular weight is 379 g/mol. The minimum atomic E-state index is -1.08. The fraction of sp³-hybridized carbons (Fsp3) is 0.500. The summed E-state index contributed by atoms with van der Waals surface area (Å²) in [6, 6.07) is 7.61. The topological polar surface area (TPSA) is 93.1 Å². The molecular weight excluding hydrogens is 358 g/mol. The molecule has 3 rings (SSSR count). The lowest BCUT2D eigenvalue weighted by atomic mass is 9.92. The van der Waals surface area contributed by atoms with Gasteiger partial charge in [0.05, 0.1) is 23.5 Å². The molecule has 0 aliphatic carbocycles. The fourth-order valence-corrected chi connectivity index (χ4v) is 4.95. The number of thioether (sulfide) groups is 1. The third-order valence-corrected chi connectivity index (χ3v) is 6.16. The summed E-state index contributed by atoms with van der Waals surface area (Å²) in [7, 11) is 0. The van der Waals surface area contributed by atoms with Crippen LogP contribution in [0.15, 0.2) is 30.3 Å². The summed E-state index contributed by atoms with van der Waals surface area (Å²) in [6.45, 7) is 4.92. The van der Waals surface area contributed by atoms with E-state index in [1.807, 2.05) is 13.8 Å². The number of benzene rings is 1. The first-order valence-corrected chi connectivity index (χ1v) is 9.21. The summed E-state index contributed by atoms with van der Waals surface area (Å²) in [5.41, 5.74) is 0.357. The van der Waals surface area contributed by atoms with Gasteiger partial charge < -0.3 is 19.5 Å². The standard InChI is InChI=1S/C18H21NO6S/c1-10(24-16(22)11-7-5-4-6-8-11)25-17(23)13-18(2,3)26-15-12(9-20)14(21)19(13)15/h4-8,10,12-13,15,20H,9H2,1-3H3/t10-,12?,13?,15?/m0/s1. The highest BCUT2D eigenvalue weighted by Crippen LogP contribution is 2.53. The lowest BCUT2D eigenvalue weighted by Gasteiger charge is -2.43. The van der Waals surface area contributed by atoms with E-state index in [2.05, 4.69) is 0 Å². The molecule has 2 aliphatic rings. The molecule has 1 aromatic carbocycles. The van der Waals surface area contributed by atoms with Crippen LogP contribution < -0.4 is 0 Å². The Hall–Kier alpha value is -2.06. The van der Waals surface area contributed by atoms with Crippen molar-refractivity contribution in [3.63, 3.8) is 0 Å². The number of ether oxygens (including phenoxy) is 2. The molecule has 0 saturated carbocycles. The maximum Gasteiger partial charge on any atom is 0.341 e. The zero-order chi connectivity index (χ0) is 19.1. The molecule has 2 heterocycles. The van der Waals surface area contributed by atoms with Crippen molar-refractivity contribution in [1.29, 1.82) is 0 Å². The third-order valence-electron chi connectivity index (χ3n) is 4.54. The number of fused-ring (bicyclic) bond motifs is 1. The van der Waals surface area contributed by atoms with Crippen LogP contribution in [0.2, 0.25) is 0 Å². The van der Waals surface area contributed by atoms with Gasteiger partial charge in [0.15, 0.2) is 0 Å². The molecule has 26 heavy (non-hydrogen) atoms. The number of aliphatic hydroxyl groups is 1. The molecule has 1 N–H and O–H groups in total. The van der Waals surface area contributed by atoms with Crippen molar-refractivity contribution < 1.29 is 29.0 Å². The fourth-order valence-electron chi connectivity index (χ4n) is 3.29. The normalized spacial score (nSPS) is 27.3. The number of β-lactam (4-membered cyclic amide) rings is 1. The van der Waals surface area contributed by atoms with Crippen molar-refractivity contribution in [3.8, 4) is 0 Å². The number of amides is 1. The first-order valence-electron chi connectivity index (χ1n) is 8.33. The minimum Gasteiger partial charge on any atom is -0.424 e. The SMILES string of the molecule is C[C@@H](OC(=O)c1ccccc1)OC(=O)C1N2C(=O)C(CO)C2SC1(C)C. The first kappa shape index (κ1) is 18.7. The third kappa shape index (κ3) is 3.19. The molecule has 1 amide bonds. The van der Waals surface area contributed by atoms with Crippen LogP contribution in [-0.2, 0) is 19.1 Å². The Morgan fingerprint density at radius 3 is 2.54 bits per heavy atom. The highest BCUT2D eigenvalue weighted by atomic mass is 32.2. The van der Waals surface area contributed by atoms with Crippen LogP contribution in [0.5, 0.6) is 0 Å². The number of carbonyl (C=O) groups excluding carboxylic acids is 3. The van der Waals surface area contributed by atoms with E-state index in [0.717, 1.165) is 0 Å². The number of hydrogen-bond donors (Lipinski definition) is 1. The second-order valence-corrected chi connectivity index (χ2v) is 8.60. The zero-order valence-corrected chi connectivity index (χ0v) is 15.6. The molecule has 0 aromatic heterocycles. The summed E-state index contributed by atoms with van der Waals surface area (Å²) < 4.78 is 9.87. The van der Waals surface area contributed by atoms with Crippen molar-refractivity contribution in [2.75, 3.05) is 6.61 Å². The van der Waals surface area contributed by atoms with E-state index in [9.17, 15) is 19.5 Å². The summed E-state index contributed by atoms with van der Waals surface area (Å²) in [6.07, 6.45) is -1.08. The van der Waals surface area contributed by atoms with E-state index in [1.165, 1.54) is 23.6 Å². The summed E-state index contributed by atoms with van der Waals surface area (Å²) >= 11 is 1.46. The summed E-state index contributed by atoms with van der Waals surface area (Å²) in [5, 5.41) is 9.08. The Labute approximate surface area is 155 Å². The van der Waals surface area contributed by atoms with E-state index in [0.29, 0.717) is 5.56 Å². The molecule has 2 fully saturated rings. The van der Waals surface area contributed by atoms with Gasteiger partial charge in [0.1, 0.15) is 6.04 Å². The molecule has 4 atom stereocenters. The number of esters is 2. The van der Waals surface area contributed by atoms with Crippen molar-refractivity contribution in [2.24, 2.45) is 5.92 Å². The lowest BCUT2D eigenvalue weighted by Crippen LogP contribution is -2.63. The van der Waals surface area contributed by atoms with Gasteiger partial charge >= 0.3 is 11.9 Å². The Balaban J connectivity index is 1.64. The predicted molar refractivity (Wildman–Crippen MR) is 94.1 cm³/mol. The lowest BCUT2D eigenvalue weighted by molar-refractivity contribution is -0.181. The Morgan fingerprint density at radius 2 is 1.92 bits per heavy atom. The summed E-state index contributed by atoms with van der Waals surface area (Å²) in [4.78, 5) is 38.3. The average Bonchev–Trinajstić information content (AvgIpc) is 2.83. The van der Waals surface area contributed by atoms with Crippen LogP contribution >= 0.6 is 11.8 Å². The molecule has 2 aliphatic heterocycles. The minimum absolute atomic E-state index is 0.234. The van der Waals surface area contributed by atoms with Gasteiger partial charge in [-0.05, 0) is 26.0 Å². The van der Waals surface area contributed by atoms with Gasteiger partial charge in [0, 0.05) is 11.7 Å². The highest BCUT2D eigenvalue weighted by Gasteiger charge is 2.63. The Morgan fingerprint density at radius 1 is 1.27 bits per heavy atom. The largest absolute Gasteiger partial charge is 0.424 e. The van der Waals surface area contributed by atoms with Gasteiger partial charge in [-0.15, -0.1) is 11.8 Å². The number of rotatable bonds is 5. The number of hydrogen-bond acceptors (Lipinski definition) is 7. The zero-order valence-electron chi connectivity index (χ0n) is 14.7. The van der Waals surface area contributed by atoms with E-state index in [1.54, 1.807) is 30.3 Å². The number of nitrogens with zero attached hydrogens (tertiary/aromatic N) is 1. The van der Waals surface area contributed by atoms with Crippen LogP contribution in [0.4, 0.5) is 0 Å². The van der Waals surface area contributed by atoms with E-state index in [4.69, 9.17) is 9.47 Å². The molecule has 2 saturated heterocycles. The smallest absolute Gasteiger partial charge is 0.341 e. The van der Waals surface area contributed by atoms with Crippen LogP contribution in [0.25, 0.3) is 0 Å². The molecule has 0 spiro atoms. The van der Waals surface area contributed by atoms with Gasteiger partial charge in [-0.2, -0.15) is 0 Å². The molecule has 3 unspecified atom stereocenters. The van der Waals surface area contributed by atoms with Gasteiger partial charge in [0.25, 0.3) is 0 Å².